The minimum atomic E-state index is -0.844. The highest BCUT2D eigenvalue weighted by Gasteiger charge is 2.62. The number of aliphatic hydroxyl groups is 1. The number of carbonyl (C=O) groups is 3. The lowest BCUT2D eigenvalue weighted by atomic mass is 9.47. The number of fused-ring (bicyclic) bond motifs is 5. The Balaban J connectivity index is 1.23. The van der Waals surface area contributed by atoms with Crippen LogP contribution in [-0.4, -0.2) is 45.9 Å². The summed E-state index contributed by atoms with van der Waals surface area (Å²) in [5, 5.41) is 15.7. The normalized spacial score (nSPS) is 42.2. The minimum Gasteiger partial charge on any atom is -0.390 e. The predicted molar refractivity (Wildman–Crippen MR) is 123 cm³/mol. The van der Waals surface area contributed by atoms with Crippen molar-refractivity contribution in [2.45, 2.75) is 77.7 Å². The van der Waals surface area contributed by atoms with Gasteiger partial charge in [0.05, 0.1) is 5.60 Å². The monoisotopic (exact) mass is 470 g/mol. The standard InChI is InChI=1S/C26H34N2O6/c1-24-11-8-17(27-33-15-23(31)34-28-21(29)6-7-22(28)30)14-16(24)4-5-18-19(24)9-12-25(2)20(18)10-13-26(25,3)32/h8,11,14,18-20,32H,4-7,9-10,12-13,15H2,1-3H3/t18?,19?,20?,24-,25-,26-/m0/s1. The number of carbonyl (C=O) groups excluding carboxylic acids is 3. The maximum absolute atomic E-state index is 11.9. The lowest BCUT2D eigenvalue weighted by molar-refractivity contribution is -0.200. The Hall–Kier alpha value is -2.48. The van der Waals surface area contributed by atoms with Crippen LogP contribution < -0.4 is 0 Å². The molecule has 0 radical (unpaired) electrons. The Bertz CT molecular complexity index is 997. The number of rotatable bonds is 4. The zero-order valence-electron chi connectivity index (χ0n) is 20.2. The Labute approximate surface area is 200 Å². The van der Waals surface area contributed by atoms with Gasteiger partial charge in [0.15, 0.2) is 0 Å². The topological polar surface area (TPSA) is 106 Å². The summed E-state index contributed by atoms with van der Waals surface area (Å²) < 4.78 is 0. The number of hydrogen-bond acceptors (Lipinski definition) is 7. The third kappa shape index (κ3) is 3.53. The van der Waals surface area contributed by atoms with Crippen molar-refractivity contribution in [3.63, 3.8) is 0 Å². The first-order valence-corrected chi connectivity index (χ1v) is 12.4. The van der Waals surface area contributed by atoms with Gasteiger partial charge in [-0.1, -0.05) is 30.7 Å². The summed E-state index contributed by atoms with van der Waals surface area (Å²) in [7, 11) is 0. The van der Waals surface area contributed by atoms with Crippen LogP contribution in [0, 0.1) is 28.6 Å². The van der Waals surface area contributed by atoms with Crippen LogP contribution in [0.15, 0.2) is 29.0 Å². The third-order valence-electron chi connectivity index (χ3n) is 9.68. The van der Waals surface area contributed by atoms with Crippen LogP contribution in [0.3, 0.4) is 0 Å². The molecule has 5 rings (SSSR count). The maximum Gasteiger partial charge on any atom is 0.373 e. The van der Waals surface area contributed by atoms with E-state index in [1.807, 2.05) is 13.0 Å². The van der Waals surface area contributed by atoms with Gasteiger partial charge in [0.2, 0.25) is 6.61 Å². The molecule has 1 heterocycles. The molecule has 0 spiro atoms. The average molecular weight is 471 g/mol. The Kier molecular flexibility index (Phi) is 5.50. The van der Waals surface area contributed by atoms with E-state index in [9.17, 15) is 19.5 Å². The second-order valence-corrected chi connectivity index (χ2v) is 11.3. The van der Waals surface area contributed by atoms with E-state index in [-0.39, 0.29) is 23.7 Å². The fourth-order valence-corrected chi connectivity index (χ4v) is 7.45. The molecule has 34 heavy (non-hydrogen) atoms. The summed E-state index contributed by atoms with van der Waals surface area (Å²) in [5.41, 5.74) is 1.37. The van der Waals surface area contributed by atoms with Crippen LogP contribution in [0.4, 0.5) is 0 Å². The van der Waals surface area contributed by atoms with Crippen molar-refractivity contribution in [2.24, 2.45) is 33.7 Å². The molecule has 8 heteroatoms. The van der Waals surface area contributed by atoms with Crippen molar-refractivity contribution in [1.82, 2.24) is 5.06 Å². The van der Waals surface area contributed by atoms with Crippen LogP contribution in [0.1, 0.15) is 72.1 Å². The van der Waals surface area contributed by atoms with E-state index in [2.05, 4.69) is 31.2 Å². The molecule has 4 aliphatic carbocycles. The molecule has 184 valence electrons. The summed E-state index contributed by atoms with van der Waals surface area (Å²) in [6, 6.07) is 0. The average Bonchev–Trinajstić information content (AvgIpc) is 3.23. The zero-order chi connectivity index (χ0) is 24.3. The van der Waals surface area contributed by atoms with Crippen molar-refractivity contribution < 1.29 is 29.2 Å². The molecule has 8 nitrogen and oxygen atoms in total. The summed E-state index contributed by atoms with van der Waals surface area (Å²) in [6.45, 7) is 6.16. The molecule has 0 aromatic carbocycles. The molecule has 3 unspecified atom stereocenters. The molecule has 6 atom stereocenters. The first-order chi connectivity index (χ1) is 16.0. The number of hydroxylamine groups is 2. The highest BCUT2D eigenvalue weighted by Crippen LogP contribution is 2.66. The molecule has 2 amide bonds. The molecule has 4 fully saturated rings. The van der Waals surface area contributed by atoms with Crippen molar-refractivity contribution in [2.75, 3.05) is 6.61 Å². The zero-order valence-corrected chi connectivity index (χ0v) is 20.2. The smallest absolute Gasteiger partial charge is 0.373 e. The fraction of sp³-hybridized carbons (Fsp3) is 0.692. The van der Waals surface area contributed by atoms with Gasteiger partial charge in [-0.05, 0) is 80.8 Å². The van der Waals surface area contributed by atoms with Gasteiger partial charge in [0.1, 0.15) is 5.71 Å². The molecule has 5 aliphatic rings. The molecule has 0 bridgehead atoms. The van der Waals surface area contributed by atoms with Crippen molar-refractivity contribution >= 4 is 23.5 Å². The van der Waals surface area contributed by atoms with Gasteiger partial charge in [-0.25, -0.2) is 4.79 Å². The molecule has 3 saturated carbocycles. The number of allylic oxidation sites excluding steroid dienone is 4. The van der Waals surface area contributed by atoms with E-state index in [0.717, 1.165) is 38.5 Å². The number of imide groups is 1. The first-order valence-electron chi connectivity index (χ1n) is 12.4. The maximum atomic E-state index is 11.9. The summed E-state index contributed by atoms with van der Waals surface area (Å²) >= 11 is 0. The van der Waals surface area contributed by atoms with Gasteiger partial charge < -0.3 is 14.8 Å². The van der Waals surface area contributed by atoms with E-state index in [4.69, 9.17) is 9.68 Å². The SMILES string of the molecule is C[C@]12C=CC(=NOCC(=O)ON3C(=O)CCC3=O)C=C1CCC1C2CC[C@@]2(C)C1CC[C@]2(C)O. The predicted octanol–water partition coefficient (Wildman–Crippen LogP) is 3.46. The van der Waals surface area contributed by atoms with E-state index in [1.54, 1.807) is 0 Å². The lowest BCUT2D eigenvalue weighted by Crippen LogP contribution is -2.53. The molecule has 1 aliphatic heterocycles. The summed E-state index contributed by atoms with van der Waals surface area (Å²) in [5.74, 6) is -0.175. The van der Waals surface area contributed by atoms with E-state index in [1.165, 1.54) is 5.57 Å². The van der Waals surface area contributed by atoms with Crippen molar-refractivity contribution in [1.29, 1.82) is 0 Å². The van der Waals surface area contributed by atoms with Gasteiger partial charge in [0, 0.05) is 18.3 Å². The summed E-state index contributed by atoms with van der Waals surface area (Å²) in [4.78, 5) is 45.0. The first kappa shape index (κ1) is 23.3. The van der Waals surface area contributed by atoms with Gasteiger partial charge in [0.25, 0.3) is 11.8 Å². The van der Waals surface area contributed by atoms with Crippen LogP contribution in [0.2, 0.25) is 0 Å². The van der Waals surface area contributed by atoms with Gasteiger partial charge in [-0.15, -0.1) is 5.06 Å². The molecule has 0 aromatic rings. The lowest BCUT2D eigenvalue weighted by Gasteiger charge is -2.58. The van der Waals surface area contributed by atoms with Gasteiger partial charge in [-0.2, -0.15) is 0 Å². The second kappa shape index (κ2) is 8.04. The summed E-state index contributed by atoms with van der Waals surface area (Å²) in [6.07, 6.45) is 12.6. The Morgan fingerprint density at radius 1 is 1.09 bits per heavy atom. The number of amides is 2. The van der Waals surface area contributed by atoms with Crippen LogP contribution in [-0.2, 0) is 24.1 Å². The molecule has 1 N–H and O–H groups in total. The van der Waals surface area contributed by atoms with Crippen molar-refractivity contribution in [3.8, 4) is 0 Å². The number of hydrogen-bond donors (Lipinski definition) is 1. The number of oxime groups is 1. The second-order valence-electron chi connectivity index (χ2n) is 11.3. The molecular formula is C26H34N2O6. The van der Waals surface area contributed by atoms with Crippen LogP contribution in [0.5, 0.6) is 0 Å². The highest BCUT2D eigenvalue weighted by atomic mass is 16.7. The van der Waals surface area contributed by atoms with Crippen LogP contribution >= 0.6 is 0 Å². The van der Waals surface area contributed by atoms with E-state index in [0.29, 0.717) is 28.5 Å². The number of nitrogens with zero attached hydrogens (tertiary/aromatic N) is 2. The fourth-order valence-electron chi connectivity index (χ4n) is 7.45. The Morgan fingerprint density at radius 3 is 2.53 bits per heavy atom. The Morgan fingerprint density at radius 2 is 1.79 bits per heavy atom. The largest absolute Gasteiger partial charge is 0.390 e. The third-order valence-corrected chi connectivity index (χ3v) is 9.68. The highest BCUT2D eigenvalue weighted by molar-refractivity contribution is 6.05. The van der Waals surface area contributed by atoms with Crippen molar-refractivity contribution in [3.05, 3.63) is 23.8 Å². The molecule has 0 aromatic heterocycles. The van der Waals surface area contributed by atoms with Crippen LogP contribution in [0.25, 0.3) is 0 Å². The quantitative estimate of drug-likeness (QED) is 0.498. The molecule has 1 saturated heterocycles. The minimum absolute atomic E-state index is 0.00346. The van der Waals surface area contributed by atoms with Gasteiger partial charge in [-0.3, -0.25) is 9.59 Å². The van der Waals surface area contributed by atoms with E-state index >= 15 is 0 Å². The van der Waals surface area contributed by atoms with Gasteiger partial charge >= 0.3 is 5.97 Å². The molecular weight excluding hydrogens is 436 g/mol. The van der Waals surface area contributed by atoms with E-state index < -0.39 is 30.0 Å².